The van der Waals surface area contributed by atoms with Gasteiger partial charge in [-0.1, -0.05) is 35.3 Å². The Hall–Kier alpha value is -4.22. The molecule has 3 amide bonds. The minimum atomic E-state index is -1.76. The summed E-state index contributed by atoms with van der Waals surface area (Å²) in [6, 6.07) is 4.84. The summed E-state index contributed by atoms with van der Waals surface area (Å²) in [4.78, 5) is 95.0. The number of ether oxygens (including phenoxy) is 5. The van der Waals surface area contributed by atoms with Gasteiger partial charge in [-0.05, 0) is 26.0 Å². The third-order valence-corrected chi connectivity index (χ3v) is 12.7. The number of likely N-dealkylation sites (tertiary alicyclic amines) is 1. The fourth-order valence-electron chi connectivity index (χ4n) is 5.87. The Morgan fingerprint density at radius 2 is 1.29 bits per heavy atom. The molecule has 4 heterocycles. The zero-order chi connectivity index (χ0) is 35.3. The second-order valence-electron chi connectivity index (χ2n) is 11.0. The maximum atomic E-state index is 14.2. The van der Waals surface area contributed by atoms with E-state index in [1.54, 1.807) is 32.0 Å². The average molecular weight is 719 g/mol. The van der Waals surface area contributed by atoms with Crippen LogP contribution in [0.25, 0.3) is 5.57 Å². The molecular weight excluding hydrogens is 689 g/mol. The van der Waals surface area contributed by atoms with Crippen LogP contribution in [0.1, 0.15) is 32.3 Å². The van der Waals surface area contributed by atoms with Gasteiger partial charge in [-0.25, -0.2) is 19.2 Å². The minimum absolute atomic E-state index is 0.0102. The minimum Gasteiger partial charge on any atom is -0.497 e. The molecule has 0 atom stereocenters. The number of fused-ring (bicyclic) bond motifs is 3. The van der Waals surface area contributed by atoms with Crippen molar-refractivity contribution in [2.24, 2.45) is 0 Å². The molecule has 1 aromatic rings. The summed E-state index contributed by atoms with van der Waals surface area (Å²) in [5.41, 5.74) is -0.556. The Labute approximate surface area is 287 Å². The van der Waals surface area contributed by atoms with Crippen molar-refractivity contribution in [1.29, 1.82) is 0 Å². The molecule has 0 saturated carbocycles. The largest absolute Gasteiger partial charge is 0.497 e. The zero-order valence-corrected chi connectivity index (χ0v) is 29.3. The molecular formula is C31H30N2O12S3. The lowest BCUT2D eigenvalue weighted by molar-refractivity contribution is -0.142. The van der Waals surface area contributed by atoms with Crippen molar-refractivity contribution in [2.45, 2.75) is 36.3 Å². The number of methoxy groups -OCH3 is 5. The first kappa shape index (κ1) is 35.1. The van der Waals surface area contributed by atoms with Crippen LogP contribution in [0.3, 0.4) is 0 Å². The van der Waals surface area contributed by atoms with Gasteiger partial charge in [0, 0.05) is 34.9 Å². The van der Waals surface area contributed by atoms with E-state index in [0.29, 0.717) is 21.8 Å². The predicted molar refractivity (Wildman–Crippen MR) is 175 cm³/mol. The van der Waals surface area contributed by atoms with Crippen LogP contribution >= 0.6 is 35.3 Å². The molecule has 14 nitrogen and oxygen atoms in total. The monoisotopic (exact) mass is 718 g/mol. The highest BCUT2D eigenvalue weighted by Crippen LogP contribution is 2.71. The summed E-state index contributed by atoms with van der Waals surface area (Å²) < 4.78 is 24.0. The number of hydrogen-bond donors (Lipinski definition) is 0. The number of amides is 3. The van der Waals surface area contributed by atoms with Crippen LogP contribution in [0.15, 0.2) is 43.4 Å². The Kier molecular flexibility index (Phi) is 9.51. The highest BCUT2D eigenvalue weighted by molar-refractivity contribution is 8.26. The first-order valence-electron chi connectivity index (χ1n) is 14.2. The molecule has 4 aliphatic heterocycles. The van der Waals surface area contributed by atoms with Crippen molar-refractivity contribution in [3.05, 3.63) is 49.0 Å². The highest BCUT2D eigenvalue weighted by atomic mass is 32.2. The molecule has 0 unspecified atom stereocenters. The molecule has 0 aliphatic carbocycles. The fraction of sp³-hybridized carbons (Fsp3) is 0.387. The van der Waals surface area contributed by atoms with Crippen molar-refractivity contribution >= 4 is 88.1 Å². The van der Waals surface area contributed by atoms with Crippen LogP contribution in [0.4, 0.5) is 5.69 Å². The number of carbonyl (C=O) groups excluding carboxylic acids is 7. The van der Waals surface area contributed by atoms with Crippen LogP contribution in [-0.2, 0) is 52.5 Å². The van der Waals surface area contributed by atoms with Crippen molar-refractivity contribution in [2.75, 3.05) is 47.0 Å². The van der Waals surface area contributed by atoms with Gasteiger partial charge in [0.1, 0.15) is 31.1 Å². The van der Waals surface area contributed by atoms with Gasteiger partial charge in [-0.2, -0.15) is 0 Å². The van der Waals surface area contributed by atoms with Crippen molar-refractivity contribution in [3.8, 4) is 5.75 Å². The Balaban J connectivity index is 1.84. The van der Waals surface area contributed by atoms with E-state index in [1.165, 1.54) is 12.0 Å². The first-order chi connectivity index (χ1) is 22.7. The molecule has 4 aliphatic rings. The first-order valence-corrected chi connectivity index (χ1v) is 16.6. The maximum Gasteiger partial charge on any atom is 0.345 e. The summed E-state index contributed by atoms with van der Waals surface area (Å²) >= 11 is 2.46. The van der Waals surface area contributed by atoms with Gasteiger partial charge in [0.25, 0.3) is 0 Å². The van der Waals surface area contributed by atoms with Crippen LogP contribution in [-0.4, -0.2) is 98.2 Å². The van der Waals surface area contributed by atoms with Crippen molar-refractivity contribution < 1.29 is 57.2 Å². The van der Waals surface area contributed by atoms with E-state index in [4.69, 9.17) is 23.7 Å². The predicted octanol–water partition coefficient (Wildman–Crippen LogP) is 2.76. The van der Waals surface area contributed by atoms with Gasteiger partial charge in [-0.3, -0.25) is 24.2 Å². The summed E-state index contributed by atoms with van der Waals surface area (Å²) in [6.45, 7) is 2.83. The number of carbonyl (C=O) groups is 7. The van der Waals surface area contributed by atoms with Crippen LogP contribution < -0.4 is 9.64 Å². The van der Waals surface area contributed by atoms with Gasteiger partial charge in [0.05, 0.1) is 52.3 Å². The third-order valence-electron chi connectivity index (χ3n) is 8.04. The number of imide groups is 1. The van der Waals surface area contributed by atoms with Gasteiger partial charge in [-0.15, -0.1) is 0 Å². The number of benzene rings is 1. The Morgan fingerprint density at radius 3 is 1.79 bits per heavy atom. The fourth-order valence-corrected chi connectivity index (χ4v) is 10.9. The maximum absolute atomic E-state index is 14.2. The molecule has 0 aromatic heterocycles. The topological polar surface area (TPSA) is 172 Å². The standard InChI is InChI=1S/C31H30N2O12S3/c1-30(2)25-20(15-9-8-14(41-3)12-16(15)33(30)19(36)13-32-17(34)10-11-18(32)35)31(21(26(37)42-4)22(46-25)27(38)43-5)47-23(28(39)44-6)24(48-31)29(40)45-7/h8-9,12H,10-11,13H2,1-7H3. The smallest absolute Gasteiger partial charge is 0.345 e. The van der Waals surface area contributed by atoms with Gasteiger partial charge in [0.15, 0.2) is 0 Å². The van der Waals surface area contributed by atoms with Gasteiger partial charge in [0.2, 0.25) is 17.7 Å². The van der Waals surface area contributed by atoms with E-state index < -0.39 is 57.8 Å². The molecule has 5 rings (SSSR count). The molecule has 1 aromatic carbocycles. The van der Waals surface area contributed by atoms with Crippen molar-refractivity contribution in [1.82, 2.24) is 4.90 Å². The number of rotatable bonds is 7. The lowest BCUT2D eigenvalue weighted by atomic mass is 9.83. The molecule has 1 saturated heterocycles. The molecule has 0 N–H and O–H groups in total. The number of hydrogen-bond acceptors (Lipinski definition) is 15. The second kappa shape index (κ2) is 13.0. The van der Waals surface area contributed by atoms with E-state index in [0.717, 1.165) is 68.6 Å². The highest BCUT2D eigenvalue weighted by Gasteiger charge is 2.62. The molecule has 1 spiro atoms. The number of nitrogens with zero attached hydrogens (tertiary/aromatic N) is 2. The van der Waals surface area contributed by atoms with Crippen LogP contribution in [0.5, 0.6) is 5.75 Å². The molecule has 0 bridgehead atoms. The lowest BCUT2D eigenvalue weighted by Crippen LogP contribution is -2.56. The van der Waals surface area contributed by atoms with E-state index in [2.05, 4.69) is 0 Å². The van der Waals surface area contributed by atoms with E-state index in [9.17, 15) is 33.6 Å². The summed E-state index contributed by atoms with van der Waals surface area (Å²) in [5.74, 6) is -4.86. The quantitative estimate of drug-likeness (QED) is 0.229. The second-order valence-corrected chi connectivity index (χ2v) is 14.7. The molecule has 0 radical (unpaired) electrons. The van der Waals surface area contributed by atoms with E-state index in [1.807, 2.05) is 0 Å². The SMILES string of the molecule is COC(=O)C1=C(C(=O)OC)SC2(S1)C(C(=O)OC)=C(C(=O)OC)SC1=C2c2ccc(OC)cc2N(C(=O)CN2C(=O)CCC2=O)C1(C)C. The Morgan fingerprint density at radius 1 is 0.771 bits per heavy atom. The van der Waals surface area contributed by atoms with E-state index >= 15 is 0 Å². The van der Waals surface area contributed by atoms with Crippen LogP contribution in [0.2, 0.25) is 0 Å². The number of esters is 4. The number of anilines is 1. The third kappa shape index (κ3) is 5.37. The Bertz CT molecular complexity index is 1750. The van der Waals surface area contributed by atoms with E-state index in [-0.39, 0.29) is 38.8 Å². The van der Waals surface area contributed by atoms with Crippen LogP contribution in [0, 0.1) is 0 Å². The molecule has 1 fully saturated rings. The lowest BCUT2D eigenvalue weighted by Gasteiger charge is -2.51. The average Bonchev–Trinajstić information content (AvgIpc) is 3.62. The summed E-state index contributed by atoms with van der Waals surface area (Å²) in [7, 11) is 5.94. The van der Waals surface area contributed by atoms with Gasteiger partial charge < -0.3 is 23.7 Å². The number of thioether (sulfide) groups is 3. The summed E-state index contributed by atoms with van der Waals surface area (Å²) in [6.07, 6.45) is -0.0205. The molecule has 48 heavy (non-hydrogen) atoms. The molecule has 254 valence electrons. The normalized spacial score (nSPS) is 19.3. The molecule has 17 heteroatoms. The van der Waals surface area contributed by atoms with Crippen molar-refractivity contribution in [3.63, 3.8) is 0 Å². The van der Waals surface area contributed by atoms with Gasteiger partial charge >= 0.3 is 23.9 Å². The summed E-state index contributed by atoms with van der Waals surface area (Å²) in [5, 5.41) is 0. The zero-order valence-electron chi connectivity index (χ0n) is 26.9.